The molecule has 0 spiro atoms. The Balaban J connectivity index is 1.71. The molecule has 6 nitrogen and oxygen atoms in total. The van der Waals surface area contributed by atoms with Gasteiger partial charge in [-0.3, -0.25) is 19.3 Å². The molecule has 0 aliphatic carbocycles. The van der Waals surface area contributed by atoms with E-state index in [-0.39, 0.29) is 23.6 Å². The van der Waals surface area contributed by atoms with Gasteiger partial charge in [0, 0.05) is 36.8 Å². The molecule has 2 saturated heterocycles. The second-order valence-corrected chi connectivity index (χ2v) is 9.09. The molecule has 0 atom stereocenters. The molecule has 1 aromatic heterocycles. The summed E-state index contributed by atoms with van der Waals surface area (Å²) < 4.78 is 2.03. The van der Waals surface area contributed by atoms with Crippen molar-refractivity contribution >= 4 is 45.8 Å². The highest BCUT2D eigenvalue weighted by atomic mass is 32.2. The third-order valence-electron chi connectivity index (χ3n) is 6.13. The third-order valence-corrected chi connectivity index (χ3v) is 7.04. The van der Waals surface area contributed by atoms with Crippen molar-refractivity contribution in [3.05, 3.63) is 40.4 Å². The molecule has 0 bridgehead atoms. The van der Waals surface area contributed by atoms with Crippen LogP contribution in [0.3, 0.4) is 0 Å². The monoisotopic (exact) mass is 439 g/mol. The van der Waals surface area contributed by atoms with Gasteiger partial charge in [0.05, 0.1) is 10.4 Å². The fourth-order valence-corrected chi connectivity index (χ4v) is 5.36. The number of benzene rings is 1. The fourth-order valence-electron chi connectivity index (χ4n) is 4.47. The van der Waals surface area contributed by atoms with Gasteiger partial charge in [-0.25, -0.2) is 0 Å². The van der Waals surface area contributed by atoms with Gasteiger partial charge in [0.2, 0.25) is 5.91 Å². The summed E-state index contributed by atoms with van der Waals surface area (Å²) in [6.07, 6.45) is 9.12. The standard InChI is InChI=1S/C24H29N3O3S/c1-3-17-10-9-11-19-18(14-20-23(29)27(4-2)24(30)31-20)15-26(22(17)19)16-21(28)25-12-7-5-6-8-13-25/h9-11,14-15H,3-8,12-13,16H2,1-2H3/b20-14-. The largest absolute Gasteiger partial charge is 0.341 e. The summed E-state index contributed by atoms with van der Waals surface area (Å²) >= 11 is 0.982. The number of aryl methyl sites for hydroxylation is 1. The third kappa shape index (κ3) is 4.28. The first-order valence-electron chi connectivity index (χ1n) is 11.2. The van der Waals surface area contributed by atoms with Crippen molar-refractivity contribution in [1.82, 2.24) is 14.4 Å². The molecule has 3 heterocycles. The van der Waals surface area contributed by atoms with Crippen molar-refractivity contribution in [1.29, 1.82) is 0 Å². The van der Waals surface area contributed by atoms with Crippen LogP contribution in [-0.4, -0.2) is 51.1 Å². The number of amides is 3. The van der Waals surface area contributed by atoms with Gasteiger partial charge in [-0.2, -0.15) is 0 Å². The van der Waals surface area contributed by atoms with E-state index in [1.807, 2.05) is 27.8 Å². The number of likely N-dealkylation sites (tertiary alicyclic amines) is 1. The van der Waals surface area contributed by atoms with E-state index in [0.29, 0.717) is 11.4 Å². The predicted octanol–water partition coefficient (Wildman–Crippen LogP) is 4.66. The van der Waals surface area contributed by atoms with E-state index in [9.17, 15) is 14.4 Å². The average molecular weight is 440 g/mol. The van der Waals surface area contributed by atoms with Crippen LogP contribution in [0.2, 0.25) is 0 Å². The molecule has 31 heavy (non-hydrogen) atoms. The molecule has 4 rings (SSSR count). The lowest BCUT2D eigenvalue weighted by molar-refractivity contribution is -0.131. The Morgan fingerprint density at radius 2 is 1.84 bits per heavy atom. The SMILES string of the molecule is CCc1cccc2c(/C=C3\SC(=O)N(CC)C3=O)cn(CC(=O)N3CCCCCC3)c12. The van der Waals surface area contributed by atoms with Crippen LogP contribution in [0, 0.1) is 0 Å². The van der Waals surface area contributed by atoms with Crippen LogP contribution in [0.4, 0.5) is 4.79 Å². The van der Waals surface area contributed by atoms with Crippen molar-refractivity contribution < 1.29 is 14.4 Å². The van der Waals surface area contributed by atoms with Crippen LogP contribution in [0.1, 0.15) is 50.7 Å². The predicted molar refractivity (Wildman–Crippen MR) is 125 cm³/mol. The lowest BCUT2D eigenvalue weighted by atomic mass is 10.1. The van der Waals surface area contributed by atoms with E-state index < -0.39 is 0 Å². The number of likely N-dealkylation sites (N-methyl/N-ethyl adjacent to an activating group) is 1. The molecule has 0 N–H and O–H groups in total. The summed E-state index contributed by atoms with van der Waals surface area (Å²) in [5, 5.41) is 0.777. The Morgan fingerprint density at radius 3 is 2.48 bits per heavy atom. The minimum Gasteiger partial charge on any atom is -0.341 e. The number of carbonyl (C=O) groups is 3. The van der Waals surface area contributed by atoms with Crippen LogP contribution < -0.4 is 0 Å². The van der Waals surface area contributed by atoms with E-state index in [0.717, 1.165) is 60.6 Å². The maximum absolute atomic E-state index is 13.1. The lowest BCUT2D eigenvalue weighted by Crippen LogP contribution is -2.34. The van der Waals surface area contributed by atoms with Crippen LogP contribution in [0.5, 0.6) is 0 Å². The van der Waals surface area contributed by atoms with Crippen LogP contribution >= 0.6 is 11.8 Å². The Morgan fingerprint density at radius 1 is 1.10 bits per heavy atom. The first-order chi connectivity index (χ1) is 15.0. The molecule has 7 heteroatoms. The summed E-state index contributed by atoms with van der Waals surface area (Å²) in [6, 6.07) is 6.12. The molecular weight excluding hydrogens is 410 g/mol. The van der Waals surface area contributed by atoms with E-state index >= 15 is 0 Å². The number of hydrogen-bond acceptors (Lipinski definition) is 4. The number of nitrogens with zero attached hydrogens (tertiary/aromatic N) is 3. The second-order valence-electron chi connectivity index (χ2n) is 8.10. The van der Waals surface area contributed by atoms with Crippen LogP contribution in [0.15, 0.2) is 29.3 Å². The molecule has 2 aliphatic heterocycles. The first kappa shape index (κ1) is 21.7. The molecule has 2 aliphatic rings. The number of imide groups is 1. The highest BCUT2D eigenvalue weighted by Crippen LogP contribution is 2.34. The first-order valence-corrected chi connectivity index (χ1v) is 12.0. The van der Waals surface area contributed by atoms with Gasteiger partial charge in [0.15, 0.2) is 0 Å². The second kappa shape index (κ2) is 9.30. The number of carbonyl (C=O) groups excluding carboxylic acids is 3. The maximum Gasteiger partial charge on any atom is 0.293 e. The molecule has 1 aromatic carbocycles. The molecule has 164 valence electrons. The van der Waals surface area contributed by atoms with Gasteiger partial charge >= 0.3 is 0 Å². The highest BCUT2D eigenvalue weighted by molar-refractivity contribution is 8.18. The quantitative estimate of drug-likeness (QED) is 0.636. The normalized spacial score (nSPS) is 19.0. The number of fused-ring (bicyclic) bond motifs is 1. The van der Waals surface area contributed by atoms with E-state index in [4.69, 9.17) is 0 Å². The summed E-state index contributed by atoms with van der Waals surface area (Å²) in [6.45, 7) is 6.22. The summed E-state index contributed by atoms with van der Waals surface area (Å²) in [5.41, 5.74) is 3.08. The van der Waals surface area contributed by atoms with Gasteiger partial charge in [0.1, 0.15) is 6.54 Å². The molecule has 3 amide bonds. The molecular formula is C24H29N3O3S. The van der Waals surface area contributed by atoms with Crippen molar-refractivity contribution in [2.45, 2.75) is 52.5 Å². The van der Waals surface area contributed by atoms with E-state index in [1.54, 1.807) is 13.0 Å². The number of hydrogen-bond donors (Lipinski definition) is 0. The summed E-state index contributed by atoms with van der Waals surface area (Å²) in [5.74, 6) is -0.103. The Kier molecular flexibility index (Phi) is 6.51. The smallest absolute Gasteiger partial charge is 0.293 e. The Bertz CT molecular complexity index is 1050. The fraction of sp³-hybridized carbons (Fsp3) is 0.458. The summed E-state index contributed by atoms with van der Waals surface area (Å²) in [4.78, 5) is 41.4. The van der Waals surface area contributed by atoms with Crippen LogP contribution in [-0.2, 0) is 22.6 Å². The molecule has 2 fully saturated rings. The zero-order chi connectivity index (χ0) is 22.0. The van der Waals surface area contributed by atoms with Crippen molar-refractivity contribution in [3.63, 3.8) is 0 Å². The van der Waals surface area contributed by atoms with Crippen LogP contribution in [0.25, 0.3) is 17.0 Å². The van der Waals surface area contributed by atoms with Gasteiger partial charge < -0.3 is 9.47 Å². The van der Waals surface area contributed by atoms with Gasteiger partial charge in [-0.1, -0.05) is 38.0 Å². The lowest BCUT2D eigenvalue weighted by Gasteiger charge is -2.21. The summed E-state index contributed by atoms with van der Waals surface area (Å²) in [7, 11) is 0. The van der Waals surface area contributed by atoms with E-state index in [2.05, 4.69) is 13.0 Å². The Hall–Kier alpha value is -2.54. The molecule has 0 unspecified atom stereocenters. The number of thioether (sulfide) groups is 1. The maximum atomic E-state index is 13.1. The van der Waals surface area contributed by atoms with Gasteiger partial charge in [-0.15, -0.1) is 0 Å². The van der Waals surface area contributed by atoms with Gasteiger partial charge in [0.25, 0.3) is 11.1 Å². The molecule has 0 saturated carbocycles. The highest BCUT2D eigenvalue weighted by Gasteiger charge is 2.34. The van der Waals surface area contributed by atoms with E-state index in [1.165, 1.54) is 23.3 Å². The number of rotatable bonds is 5. The molecule has 0 radical (unpaired) electrons. The van der Waals surface area contributed by atoms with Crippen molar-refractivity contribution in [3.8, 4) is 0 Å². The van der Waals surface area contributed by atoms with Crippen molar-refractivity contribution in [2.75, 3.05) is 19.6 Å². The Labute approximate surface area is 187 Å². The van der Waals surface area contributed by atoms with Gasteiger partial charge in [-0.05, 0) is 49.6 Å². The molecule has 2 aromatic rings. The topological polar surface area (TPSA) is 62.6 Å². The minimum absolute atomic E-state index is 0.141. The zero-order valence-electron chi connectivity index (χ0n) is 18.2. The average Bonchev–Trinajstić information content (AvgIpc) is 3.08. The number of aromatic nitrogens is 1. The minimum atomic E-state index is -0.245. The zero-order valence-corrected chi connectivity index (χ0v) is 19.0. The van der Waals surface area contributed by atoms with Crippen molar-refractivity contribution in [2.24, 2.45) is 0 Å². The number of para-hydroxylation sites is 1.